The maximum absolute atomic E-state index is 12.4. The van der Waals surface area contributed by atoms with Gasteiger partial charge >= 0.3 is 0 Å². The Morgan fingerprint density at radius 3 is 2.80 bits per heavy atom. The molecule has 0 aromatic heterocycles. The number of benzene rings is 1. The van der Waals surface area contributed by atoms with Crippen molar-refractivity contribution in [2.24, 2.45) is 5.41 Å². The zero-order chi connectivity index (χ0) is 14.3. The Bertz CT molecular complexity index is 502. The van der Waals surface area contributed by atoms with E-state index in [1.165, 1.54) is 5.56 Å². The zero-order valence-electron chi connectivity index (χ0n) is 12.3. The van der Waals surface area contributed by atoms with Gasteiger partial charge in [0.2, 0.25) is 5.91 Å². The summed E-state index contributed by atoms with van der Waals surface area (Å²) >= 11 is 0. The van der Waals surface area contributed by atoms with Gasteiger partial charge < -0.3 is 15.4 Å². The van der Waals surface area contributed by atoms with Crippen molar-refractivity contribution in [2.45, 2.75) is 44.9 Å². The summed E-state index contributed by atoms with van der Waals surface area (Å²) in [5, 5.41) is 6.46. The van der Waals surface area contributed by atoms with Crippen molar-refractivity contribution in [3.8, 4) is 0 Å². The van der Waals surface area contributed by atoms with Crippen LogP contribution in [0.1, 0.15) is 25.8 Å². The highest BCUT2D eigenvalue weighted by molar-refractivity contribution is 5.87. The van der Waals surface area contributed by atoms with E-state index in [1.54, 1.807) is 7.11 Å². The highest BCUT2D eigenvalue weighted by atomic mass is 16.5. The maximum Gasteiger partial charge on any atom is 0.243 e. The third-order valence-electron chi connectivity index (χ3n) is 4.87. The van der Waals surface area contributed by atoms with Gasteiger partial charge in [-0.15, -0.1) is 0 Å². The van der Waals surface area contributed by atoms with Crippen molar-refractivity contribution in [1.29, 1.82) is 0 Å². The summed E-state index contributed by atoms with van der Waals surface area (Å²) in [7, 11) is 1.74. The first kappa shape index (κ1) is 13.4. The number of amides is 1. The number of hydrogen-bond acceptors (Lipinski definition) is 3. The van der Waals surface area contributed by atoms with E-state index in [2.05, 4.69) is 30.5 Å². The number of fused-ring (bicyclic) bond motifs is 1. The first-order chi connectivity index (χ1) is 9.52. The molecule has 2 N–H and O–H groups in total. The van der Waals surface area contributed by atoms with E-state index < -0.39 is 0 Å². The minimum absolute atomic E-state index is 0.00979. The van der Waals surface area contributed by atoms with Crippen LogP contribution in [0.25, 0.3) is 0 Å². The second-order valence-electron chi connectivity index (χ2n) is 6.40. The molecule has 1 fully saturated rings. The highest BCUT2D eigenvalue weighted by Crippen LogP contribution is 2.42. The summed E-state index contributed by atoms with van der Waals surface area (Å²) in [4.78, 5) is 12.4. The normalized spacial score (nSPS) is 30.1. The molecule has 0 bridgehead atoms. The molecular formula is C16H22N2O2. The molecule has 3 unspecified atom stereocenters. The fraction of sp³-hybridized carbons (Fsp3) is 0.562. The monoisotopic (exact) mass is 274 g/mol. The number of hydrogen-bond donors (Lipinski definition) is 2. The van der Waals surface area contributed by atoms with Gasteiger partial charge in [0.05, 0.1) is 6.10 Å². The molecule has 0 spiro atoms. The van der Waals surface area contributed by atoms with Gasteiger partial charge in [-0.25, -0.2) is 0 Å². The first-order valence-corrected chi connectivity index (χ1v) is 7.20. The quantitative estimate of drug-likeness (QED) is 0.886. The molecular weight excluding hydrogens is 252 g/mol. The van der Waals surface area contributed by atoms with Crippen molar-refractivity contribution < 1.29 is 9.53 Å². The van der Waals surface area contributed by atoms with Gasteiger partial charge in [-0.05, 0) is 18.1 Å². The van der Waals surface area contributed by atoms with Gasteiger partial charge in [0.25, 0.3) is 0 Å². The van der Waals surface area contributed by atoms with Crippen LogP contribution in [-0.4, -0.2) is 31.2 Å². The first-order valence-electron chi connectivity index (χ1n) is 7.20. The van der Waals surface area contributed by atoms with Gasteiger partial charge in [0.1, 0.15) is 6.04 Å². The molecule has 108 valence electrons. The molecule has 2 aliphatic rings. The van der Waals surface area contributed by atoms with Gasteiger partial charge in [-0.3, -0.25) is 4.79 Å². The largest absolute Gasteiger partial charge is 0.381 e. The van der Waals surface area contributed by atoms with Crippen LogP contribution in [0.3, 0.4) is 0 Å². The van der Waals surface area contributed by atoms with Crippen LogP contribution in [0.2, 0.25) is 0 Å². The Balaban J connectivity index is 1.60. The average molecular weight is 274 g/mol. The van der Waals surface area contributed by atoms with Gasteiger partial charge in [-0.2, -0.15) is 0 Å². The summed E-state index contributed by atoms with van der Waals surface area (Å²) in [5.41, 5.74) is 2.31. The van der Waals surface area contributed by atoms with Crippen LogP contribution < -0.4 is 10.6 Å². The fourth-order valence-electron chi connectivity index (χ4n) is 3.26. The van der Waals surface area contributed by atoms with E-state index in [4.69, 9.17) is 4.74 Å². The number of nitrogens with one attached hydrogen (secondary N) is 2. The standard InChI is InChI=1S/C16H22N2O2/c1-16(2)13(9-14(16)20-3)18-15(19)12-8-10-6-4-5-7-11(10)17-12/h4-7,12-14,17H,8-9H2,1-3H3,(H,18,19). The summed E-state index contributed by atoms with van der Waals surface area (Å²) in [6.07, 6.45) is 1.90. The third-order valence-corrected chi connectivity index (χ3v) is 4.87. The Labute approximate surface area is 119 Å². The Morgan fingerprint density at radius 1 is 1.40 bits per heavy atom. The summed E-state index contributed by atoms with van der Waals surface area (Å²) in [6, 6.07) is 8.15. The minimum atomic E-state index is -0.148. The molecule has 1 saturated carbocycles. The minimum Gasteiger partial charge on any atom is -0.381 e. The molecule has 1 aliphatic carbocycles. The predicted molar refractivity (Wildman–Crippen MR) is 78.7 cm³/mol. The SMILES string of the molecule is COC1CC(NC(=O)C2Cc3ccccc3N2)C1(C)C. The zero-order valence-corrected chi connectivity index (χ0v) is 12.3. The van der Waals surface area contributed by atoms with E-state index in [1.807, 2.05) is 18.2 Å². The fourth-order valence-corrected chi connectivity index (χ4v) is 3.26. The number of carbonyl (C=O) groups excluding carboxylic acids is 1. The molecule has 1 heterocycles. The lowest BCUT2D eigenvalue weighted by Crippen LogP contribution is -2.63. The molecule has 0 saturated heterocycles. The van der Waals surface area contributed by atoms with Crippen LogP contribution >= 0.6 is 0 Å². The van der Waals surface area contributed by atoms with E-state index in [-0.39, 0.29) is 29.5 Å². The van der Waals surface area contributed by atoms with E-state index in [0.29, 0.717) is 0 Å². The van der Waals surface area contributed by atoms with Crippen molar-refractivity contribution in [2.75, 3.05) is 12.4 Å². The maximum atomic E-state index is 12.4. The number of rotatable bonds is 3. The second-order valence-corrected chi connectivity index (χ2v) is 6.40. The Kier molecular flexibility index (Phi) is 3.21. The van der Waals surface area contributed by atoms with Crippen LogP contribution in [0.15, 0.2) is 24.3 Å². The summed E-state index contributed by atoms with van der Waals surface area (Å²) in [6.45, 7) is 4.29. The van der Waals surface area contributed by atoms with Crippen LogP contribution in [-0.2, 0) is 16.0 Å². The lowest BCUT2D eigenvalue weighted by Gasteiger charge is -2.51. The molecule has 3 atom stereocenters. The number of ether oxygens (including phenoxy) is 1. The van der Waals surface area contributed by atoms with Crippen molar-refractivity contribution in [1.82, 2.24) is 5.32 Å². The van der Waals surface area contributed by atoms with Crippen molar-refractivity contribution in [3.63, 3.8) is 0 Å². The summed E-state index contributed by atoms with van der Waals surface area (Å²) in [5.74, 6) is 0.0915. The van der Waals surface area contributed by atoms with Crippen LogP contribution in [0.5, 0.6) is 0 Å². The molecule has 1 amide bonds. The van der Waals surface area contributed by atoms with E-state index in [0.717, 1.165) is 18.5 Å². The topological polar surface area (TPSA) is 50.4 Å². The van der Waals surface area contributed by atoms with Crippen LogP contribution in [0, 0.1) is 5.41 Å². The second kappa shape index (κ2) is 4.77. The van der Waals surface area contributed by atoms with Crippen LogP contribution in [0.4, 0.5) is 5.69 Å². The van der Waals surface area contributed by atoms with Gasteiger partial charge in [0, 0.05) is 30.7 Å². The highest BCUT2D eigenvalue weighted by Gasteiger charge is 2.49. The van der Waals surface area contributed by atoms with E-state index >= 15 is 0 Å². The Morgan fingerprint density at radius 2 is 2.15 bits per heavy atom. The van der Waals surface area contributed by atoms with Crippen molar-refractivity contribution in [3.05, 3.63) is 29.8 Å². The number of carbonyl (C=O) groups is 1. The molecule has 20 heavy (non-hydrogen) atoms. The number of methoxy groups -OCH3 is 1. The van der Waals surface area contributed by atoms with Gasteiger partial charge in [0.15, 0.2) is 0 Å². The predicted octanol–water partition coefficient (Wildman–Crippen LogP) is 1.95. The lowest BCUT2D eigenvalue weighted by atomic mass is 9.64. The molecule has 0 radical (unpaired) electrons. The molecule has 1 aliphatic heterocycles. The molecule has 4 nitrogen and oxygen atoms in total. The molecule has 1 aromatic rings. The summed E-state index contributed by atoms with van der Waals surface area (Å²) < 4.78 is 5.42. The number of anilines is 1. The molecule has 1 aromatic carbocycles. The number of para-hydroxylation sites is 1. The smallest absolute Gasteiger partial charge is 0.243 e. The average Bonchev–Trinajstić information content (AvgIpc) is 2.86. The third kappa shape index (κ3) is 2.08. The Hall–Kier alpha value is -1.55. The lowest BCUT2D eigenvalue weighted by molar-refractivity contribution is -0.133. The van der Waals surface area contributed by atoms with Gasteiger partial charge in [-0.1, -0.05) is 32.0 Å². The van der Waals surface area contributed by atoms with E-state index in [9.17, 15) is 4.79 Å². The molecule has 4 heteroatoms. The molecule has 3 rings (SSSR count). The van der Waals surface area contributed by atoms with Crippen molar-refractivity contribution >= 4 is 11.6 Å².